The van der Waals surface area contributed by atoms with Crippen LogP contribution in [-0.4, -0.2) is 26.0 Å². The summed E-state index contributed by atoms with van der Waals surface area (Å²) in [6.07, 6.45) is 0. The predicted octanol–water partition coefficient (Wildman–Crippen LogP) is 7.05. The van der Waals surface area contributed by atoms with Crippen LogP contribution in [0.1, 0.15) is 32.3 Å². The third-order valence-corrected chi connectivity index (χ3v) is 7.36. The van der Waals surface area contributed by atoms with E-state index in [4.69, 9.17) is 9.47 Å². The molecule has 0 aliphatic carbocycles. The number of methoxy groups -OCH3 is 2. The molecule has 0 heterocycles. The van der Waals surface area contributed by atoms with Crippen molar-refractivity contribution < 1.29 is 19.1 Å². The second-order valence-corrected chi connectivity index (χ2v) is 9.86. The van der Waals surface area contributed by atoms with Crippen molar-refractivity contribution >= 4 is 35.0 Å². The van der Waals surface area contributed by atoms with Gasteiger partial charge in [-0.2, -0.15) is 0 Å². The first-order chi connectivity index (χ1) is 18.4. The van der Waals surface area contributed by atoms with Gasteiger partial charge in [-0.05, 0) is 66.9 Å². The molecule has 0 aliphatic rings. The Bertz CT molecular complexity index is 1380. The van der Waals surface area contributed by atoms with Crippen molar-refractivity contribution in [2.24, 2.45) is 0 Å². The summed E-state index contributed by atoms with van der Waals surface area (Å²) in [5.74, 6) is 0.415. The number of rotatable bonds is 9. The molecule has 194 valence electrons. The number of hydrogen-bond donors (Lipinski definition) is 2. The fraction of sp³-hybridized carbons (Fsp3) is 0.161. The number of amides is 2. The van der Waals surface area contributed by atoms with E-state index in [2.05, 4.69) is 10.6 Å². The molecule has 0 saturated carbocycles. The molecule has 4 aromatic carbocycles. The van der Waals surface area contributed by atoms with Gasteiger partial charge in [-0.15, -0.1) is 11.8 Å². The lowest BCUT2D eigenvalue weighted by Crippen LogP contribution is -2.20. The van der Waals surface area contributed by atoms with Gasteiger partial charge in [0.1, 0.15) is 22.3 Å². The van der Waals surface area contributed by atoms with Gasteiger partial charge < -0.3 is 20.1 Å². The lowest BCUT2D eigenvalue weighted by Gasteiger charge is -2.19. The third kappa shape index (κ3) is 6.18. The summed E-state index contributed by atoms with van der Waals surface area (Å²) in [5.41, 5.74) is 4.71. The zero-order valence-corrected chi connectivity index (χ0v) is 22.6. The van der Waals surface area contributed by atoms with Gasteiger partial charge in [0.2, 0.25) is 5.91 Å². The molecular formula is C31H30N2O4S. The van der Waals surface area contributed by atoms with Crippen molar-refractivity contribution in [1.29, 1.82) is 0 Å². The topological polar surface area (TPSA) is 76.7 Å². The van der Waals surface area contributed by atoms with Gasteiger partial charge in [0, 0.05) is 16.3 Å². The number of ether oxygens (including phenoxy) is 2. The fourth-order valence-electron chi connectivity index (χ4n) is 4.12. The van der Waals surface area contributed by atoms with Crippen LogP contribution in [0.5, 0.6) is 11.5 Å². The van der Waals surface area contributed by atoms with Crippen LogP contribution in [-0.2, 0) is 4.79 Å². The predicted molar refractivity (Wildman–Crippen MR) is 154 cm³/mol. The van der Waals surface area contributed by atoms with Crippen LogP contribution < -0.4 is 20.1 Å². The molecule has 0 fully saturated rings. The van der Waals surface area contributed by atoms with Crippen molar-refractivity contribution in [1.82, 2.24) is 0 Å². The van der Waals surface area contributed by atoms with Crippen molar-refractivity contribution in [2.45, 2.75) is 24.0 Å². The number of aryl methyl sites for hydroxylation is 2. The zero-order chi connectivity index (χ0) is 27.1. The van der Waals surface area contributed by atoms with Gasteiger partial charge in [0.05, 0.1) is 14.2 Å². The van der Waals surface area contributed by atoms with E-state index in [-0.39, 0.29) is 11.8 Å². The molecular weight excluding hydrogens is 496 g/mol. The second kappa shape index (κ2) is 12.3. The quantitative estimate of drug-likeness (QED) is 0.229. The standard InChI is InChI=1S/C31H30N2O4S/c1-20-10-8-11-21(2)28(20)33-31(35)29(22-12-6-5-7-13-22)38-24-18-16-23(17-19-24)32-30(34)27-25(36-3)14-9-15-26(27)37-4/h5-19,29H,1-4H3,(H,32,34)(H,33,35). The molecule has 0 spiro atoms. The maximum atomic E-state index is 13.5. The van der Waals surface area contributed by atoms with E-state index in [1.807, 2.05) is 86.6 Å². The number of carbonyl (C=O) groups excluding carboxylic acids is 2. The van der Waals surface area contributed by atoms with Crippen LogP contribution in [0.2, 0.25) is 0 Å². The number of carbonyl (C=O) groups is 2. The average Bonchev–Trinajstić information content (AvgIpc) is 2.94. The summed E-state index contributed by atoms with van der Waals surface area (Å²) in [7, 11) is 3.02. The number of nitrogens with one attached hydrogen (secondary N) is 2. The molecule has 4 rings (SSSR count). The summed E-state index contributed by atoms with van der Waals surface area (Å²) >= 11 is 1.45. The minimum absolute atomic E-state index is 0.0979. The maximum Gasteiger partial charge on any atom is 0.263 e. The number of thioether (sulfide) groups is 1. The molecule has 0 aliphatic heterocycles. The molecule has 2 N–H and O–H groups in total. The maximum absolute atomic E-state index is 13.5. The van der Waals surface area contributed by atoms with E-state index in [1.54, 1.807) is 18.2 Å². The van der Waals surface area contributed by atoms with Gasteiger partial charge >= 0.3 is 0 Å². The first-order valence-corrected chi connectivity index (χ1v) is 13.0. The monoisotopic (exact) mass is 526 g/mol. The number of para-hydroxylation sites is 1. The van der Waals surface area contributed by atoms with E-state index in [9.17, 15) is 9.59 Å². The third-order valence-electron chi connectivity index (χ3n) is 6.09. The summed E-state index contributed by atoms with van der Waals surface area (Å²) in [5, 5.41) is 5.57. The number of hydrogen-bond acceptors (Lipinski definition) is 5. The van der Waals surface area contributed by atoms with Crippen LogP contribution in [0.15, 0.2) is 95.9 Å². The molecule has 0 bridgehead atoms. The minimum Gasteiger partial charge on any atom is -0.496 e. The highest BCUT2D eigenvalue weighted by Gasteiger charge is 2.23. The van der Waals surface area contributed by atoms with Gasteiger partial charge in [-0.1, -0.05) is 54.6 Å². The Hall–Kier alpha value is -4.23. The molecule has 1 unspecified atom stereocenters. The lowest BCUT2D eigenvalue weighted by molar-refractivity contribution is -0.115. The molecule has 0 radical (unpaired) electrons. The van der Waals surface area contributed by atoms with E-state index in [1.165, 1.54) is 26.0 Å². The van der Waals surface area contributed by atoms with Gasteiger partial charge in [-0.25, -0.2) is 0 Å². The van der Waals surface area contributed by atoms with E-state index >= 15 is 0 Å². The Kier molecular flexibility index (Phi) is 8.71. The molecule has 2 amide bonds. The van der Waals surface area contributed by atoms with Crippen molar-refractivity contribution in [3.05, 3.63) is 113 Å². The van der Waals surface area contributed by atoms with Crippen LogP contribution in [0.25, 0.3) is 0 Å². The van der Waals surface area contributed by atoms with Crippen LogP contribution >= 0.6 is 11.8 Å². The molecule has 4 aromatic rings. The van der Waals surface area contributed by atoms with Crippen molar-refractivity contribution in [2.75, 3.05) is 24.9 Å². The van der Waals surface area contributed by atoms with Crippen LogP contribution in [0.3, 0.4) is 0 Å². The van der Waals surface area contributed by atoms with Crippen molar-refractivity contribution in [3.63, 3.8) is 0 Å². The van der Waals surface area contributed by atoms with Crippen LogP contribution in [0.4, 0.5) is 11.4 Å². The second-order valence-electron chi connectivity index (χ2n) is 8.68. The highest BCUT2D eigenvalue weighted by molar-refractivity contribution is 8.00. The molecule has 38 heavy (non-hydrogen) atoms. The van der Waals surface area contributed by atoms with E-state index < -0.39 is 5.25 Å². The summed E-state index contributed by atoms with van der Waals surface area (Å²) in [6.45, 7) is 3.97. The first-order valence-electron chi connectivity index (χ1n) is 12.1. The summed E-state index contributed by atoms with van der Waals surface area (Å²) < 4.78 is 10.7. The Morgan fingerprint density at radius 1 is 0.711 bits per heavy atom. The summed E-state index contributed by atoms with van der Waals surface area (Å²) in [6, 6.07) is 28.3. The Morgan fingerprint density at radius 2 is 1.29 bits per heavy atom. The Labute approximate surface area is 227 Å². The minimum atomic E-state index is -0.464. The van der Waals surface area contributed by atoms with Gasteiger partial charge in [0.25, 0.3) is 5.91 Å². The molecule has 0 saturated heterocycles. The van der Waals surface area contributed by atoms with Gasteiger partial charge in [0.15, 0.2) is 0 Å². The Morgan fingerprint density at radius 3 is 1.87 bits per heavy atom. The molecule has 0 aromatic heterocycles. The normalized spacial score (nSPS) is 11.4. The highest BCUT2D eigenvalue weighted by atomic mass is 32.2. The number of benzene rings is 4. The first kappa shape index (κ1) is 26.8. The summed E-state index contributed by atoms with van der Waals surface area (Å²) in [4.78, 5) is 27.4. The highest BCUT2D eigenvalue weighted by Crippen LogP contribution is 2.37. The smallest absolute Gasteiger partial charge is 0.263 e. The SMILES string of the molecule is COc1cccc(OC)c1C(=O)Nc1ccc(SC(C(=O)Nc2c(C)cccc2C)c2ccccc2)cc1. The molecule has 6 nitrogen and oxygen atoms in total. The van der Waals surface area contributed by atoms with Crippen LogP contribution in [0, 0.1) is 13.8 Å². The van der Waals surface area contributed by atoms with E-state index in [0.717, 1.165) is 27.3 Å². The average molecular weight is 527 g/mol. The van der Waals surface area contributed by atoms with E-state index in [0.29, 0.717) is 22.7 Å². The van der Waals surface area contributed by atoms with Crippen molar-refractivity contribution in [3.8, 4) is 11.5 Å². The largest absolute Gasteiger partial charge is 0.496 e. The zero-order valence-electron chi connectivity index (χ0n) is 21.8. The fourth-order valence-corrected chi connectivity index (χ4v) is 5.15. The number of anilines is 2. The molecule has 7 heteroatoms. The lowest BCUT2D eigenvalue weighted by atomic mass is 10.1. The molecule has 1 atom stereocenters. The Balaban J connectivity index is 1.53. The van der Waals surface area contributed by atoms with Gasteiger partial charge in [-0.3, -0.25) is 9.59 Å².